The zero-order chi connectivity index (χ0) is 43.7. The van der Waals surface area contributed by atoms with Gasteiger partial charge in [-0.2, -0.15) is 0 Å². The lowest BCUT2D eigenvalue weighted by Gasteiger charge is -2.45. The summed E-state index contributed by atoms with van der Waals surface area (Å²) in [5.41, 5.74) is -0.699. The Morgan fingerprint density at radius 1 is 0.350 bits per heavy atom. The minimum Gasteiger partial charge on any atom is -0.497 e. The van der Waals surface area contributed by atoms with Gasteiger partial charge in [0.25, 0.3) is 0 Å². The van der Waals surface area contributed by atoms with E-state index in [1.54, 1.807) is 0 Å². The van der Waals surface area contributed by atoms with E-state index in [2.05, 4.69) is 0 Å². The van der Waals surface area contributed by atoms with Crippen LogP contribution in [0, 0.1) is 0 Å². The summed E-state index contributed by atoms with van der Waals surface area (Å²) >= 11 is 0. The van der Waals surface area contributed by atoms with Gasteiger partial charge in [-0.1, -0.05) is 0 Å². The molecule has 0 saturated heterocycles. The molecule has 60 heavy (non-hydrogen) atoms. The molecular weight excluding hydrogens is 792 g/mol. The number of methoxy groups -OCH3 is 8. The Labute approximate surface area is 344 Å². The first-order chi connectivity index (χ1) is 28.9. The van der Waals surface area contributed by atoms with Crippen molar-refractivity contribution < 1.29 is 86.2 Å². The standard InChI is InChI=1S/C42H44O18/c1-49-21-9-13-25(29(17-21)53-5)39(45)57-35-33(43)34(44)36(58-40(46)26-14-10-22(50-2)18-30(26)54-6)38(60-42(48)28-16-12-24(52-4)20-32(28)56-8)37(35)59-41(47)27-15-11-23(51-3)19-31(27)55-7/h9-20,33-38,43-44H,1-8H3/t33-,34+,35+,36-,37-,38+. The molecule has 6 atom stereocenters. The summed E-state index contributed by atoms with van der Waals surface area (Å²) in [5, 5.41) is 23.6. The van der Waals surface area contributed by atoms with Crippen LogP contribution >= 0.6 is 0 Å². The van der Waals surface area contributed by atoms with Crippen LogP contribution in [0.1, 0.15) is 41.4 Å². The van der Waals surface area contributed by atoms with E-state index in [9.17, 15) is 29.4 Å². The highest BCUT2D eigenvalue weighted by Crippen LogP contribution is 2.37. The molecule has 4 aromatic carbocycles. The third-order valence-electron chi connectivity index (χ3n) is 9.48. The summed E-state index contributed by atoms with van der Waals surface area (Å²) in [4.78, 5) is 56.1. The summed E-state index contributed by atoms with van der Waals surface area (Å²) in [6.07, 6.45) is -12.4. The minimum atomic E-state index is -2.17. The van der Waals surface area contributed by atoms with Crippen LogP contribution in [0.15, 0.2) is 72.8 Å². The van der Waals surface area contributed by atoms with Gasteiger partial charge in [0.05, 0.1) is 56.9 Å². The van der Waals surface area contributed by atoms with Crippen molar-refractivity contribution >= 4 is 23.9 Å². The van der Waals surface area contributed by atoms with Gasteiger partial charge in [-0.15, -0.1) is 0 Å². The highest BCUT2D eigenvalue weighted by molar-refractivity contribution is 5.95. The van der Waals surface area contributed by atoms with Gasteiger partial charge < -0.3 is 67.1 Å². The van der Waals surface area contributed by atoms with Crippen LogP contribution < -0.4 is 37.9 Å². The van der Waals surface area contributed by atoms with Gasteiger partial charge in [0.1, 0.15) is 80.5 Å². The van der Waals surface area contributed by atoms with E-state index in [0.717, 1.165) is 0 Å². The molecule has 0 aliphatic heterocycles. The third-order valence-corrected chi connectivity index (χ3v) is 9.48. The number of carbonyl (C=O) groups excluding carboxylic acids is 4. The maximum Gasteiger partial charge on any atom is 0.342 e. The fourth-order valence-corrected chi connectivity index (χ4v) is 6.31. The molecule has 1 saturated carbocycles. The van der Waals surface area contributed by atoms with E-state index in [1.165, 1.54) is 130 Å². The molecular formula is C42H44O18. The zero-order valence-corrected chi connectivity index (χ0v) is 33.8. The molecule has 1 aliphatic rings. The second kappa shape index (κ2) is 19.7. The molecule has 0 radical (unpaired) electrons. The first-order valence-corrected chi connectivity index (χ1v) is 17.9. The van der Waals surface area contributed by atoms with Crippen LogP contribution in [0.3, 0.4) is 0 Å². The molecule has 1 fully saturated rings. The number of benzene rings is 4. The highest BCUT2D eigenvalue weighted by Gasteiger charge is 2.58. The number of ether oxygens (including phenoxy) is 12. The lowest BCUT2D eigenvalue weighted by Crippen LogP contribution is -2.67. The predicted molar refractivity (Wildman–Crippen MR) is 207 cm³/mol. The second-order valence-electron chi connectivity index (χ2n) is 12.7. The number of aliphatic hydroxyl groups is 2. The smallest absolute Gasteiger partial charge is 0.342 e. The first kappa shape index (κ1) is 44.2. The van der Waals surface area contributed by atoms with E-state index in [1.807, 2.05) is 0 Å². The number of rotatable bonds is 16. The fraction of sp³-hybridized carbons (Fsp3) is 0.333. The number of hydrogen-bond acceptors (Lipinski definition) is 18. The SMILES string of the molecule is COc1ccc(C(=O)O[C@@H]2[C@H](OC(=O)c3ccc(OC)cc3OC)[C@@H](OC(=O)c3ccc(OC)cc3OC)[C@H](O)[C@H](O)[C@H]2OC(=O)c2ccc(OC)cc2OC)c(OC)c1. The van der Waals surface area contributed by atoms with Gasteiger partial charge in [0.2, 0.25) is 0 Å². The van der Waals surface area contributed by atoms with Crippen LogP contribution in [0.5, 0.6) is 46.0 Å². The molecule has 18 heteroatoms. The van der Waals surface area contributed by atoms with Crippen LogP contribution in [0.4, 0.5) is 0 Å². The number of aliphatic hydroxyl groups excluding tert-OH is 2. The Bertz CT molecular complexity index is 2030. The minimum absolute atomic E-state index is 0.00321. The molecule has 1 aliphatic carbocycles. The molecule has 18 nitrogen and oxygen atoms in total. The van der Waals surface area contributed by atoms with Gasteiger partial charge >= 0.3 is 23.9 Å². The number of esters is 4. The van der Waals surface area contributed by atoms with Gasteiger partial charge in [-0.05, 0) is 48.5 Å². The molecule has 0 bridgehead atoms. The number of hydrogen-bond donors (Lipinski definition) is 2. The summed E-state index contributed by atoms with van der Waals surface area (Å²) in [6, 6.07) is 16.6. The summed E-state index contributed by atoms with van der Waals surface area (Å²) < 4.78 is 66.0. The van der Waals surface area contributed by atoms with Crippen molar-refractivity contribution in [2.24, 2.45) is 0 Å². The van der Waals surface area contributed by atoms with Gasteiger partial charge in [0, 0.05) is 24.3 Å². The lowest BCUT2D eigenvalue weighted by molar-refractivity contribution is -0.223. The Kier molecular flexibility index (Phi) is 14.5. The van der Waals surface area contributed by atoms with E-state index < -0.39 is 60.5 Å². The maximum absolute atomic E-state index is 14.1. The van der Waals surface area contributed by atoms with E-state index in [0.29, 0.717) is 23.0 Å². The van der Waals surface area contributed by atoms with Gasteiger partial charge in [0.15, 0.2) is 24.4 Å². The van der Waals surface area contributed by atoms with E-state index >= 15 is 0 Å². The van der Waals surface area contributed by atoms with E-state index in [4.69, 9.17) is 56.8 Å². The second-order valence-corrected chi connectivity index (χ2v) is 12.7. The molecule has 0 aromatic heterocycles. The Morgan fingerprint density at radius 2 is 0.567 bits per heavy atom. The number of carbonyl (C=O) groups is 4. The quantitative estimate of drug-likeness (QED) is 0.121. The highest BCUT2D eigenvalue weighted by atomic mass is 16.6. The Balaban J connectivity index is 1.66. The lowest BCUT2D eigenvalue weighted by atomic mass is 9.84. The first-order valence-electron chi connectivity index (χ1n) is 17.9. The summed E-state index contributed by atoms with van der Waals surface area (Å²) in [7, 11) is 10.8. The molecule has 0 amide bonds. The van der Waals surface area contributed by atoms with Crippen molar-refractivity contribution in [1.82, 2.24) is 0 Å². The Hall–Kier alpha value is -6.92. The van der Waals surface area contributed by atoms with E-state index in [-0.39, 0.29) is 45.3 Å². The monoisotopic (exact) mass is 836 g/mol. The molecule has 4 aromatic rings. The largest absolute Gasteiger partial charge is 0.497 e. The topological polar surface area (TPSA) is 219 Å². The third kappa shape index (κ3) is 9.35. The van der Waals surface area contributed by atoms with Crippen molar-refractivity contribution in [1.29, 1.82) is 0 Å². The van der Waals surface area contributed by atoms with Gasteiger partial charge in [-0.3, -0.25) is 0 Å². The van der Waals surface area contributed by atoms with Crippen molar-refractivity contribution in [2.75, 3.05) is 56.9 Å². The normalized spacial score (nSPS) is 19.4. The molecule has 5 rings (SSSR count). The predicted octanol–water partition coefficient (Wildman–Crippen LogP) is 3.69. The fourth-order valence-electron chi connectivity index (χ4n) is 6.31. The van der Waals surface area contributed by atoms with Crippen LogP contribution in [-0.4, -0.2) is 128 Å². The van der Waals surface area contributed by atoms with Crippen LogP contribution in [0.25, 0.3) is 0 Å². The van der Waals surface area contributed by atoms with Crippen LogP contribution in [-0.2, 0) is 18.9 Å². The molecule has 0 heterocycles. The average Bonchev–Trinajstić information content (AvgIpc) is 3.28. The van der Waals surface area contributed by atoms with Crippen molar-refractivity contribution in [2.45, 2.75) is 36.6 Å². The van der Waals surface area contributed by atoms with Crippen molar-refractivity contribution in [3.05, 3.63) is 95.1 Å². The molecule has 2 N–H and O–H groups in total. The molecule has 0 unspecified atom stereocenters. The maximum atomic E-state index is 14.1. The zero-order valence-electron chi connectivity index (χ0n) is 33.8. The molecule has 320 valence electrons. The Morgan fingerprint density at radius 3 is 0.767 bits per heavy atom. The van der Waals surface area contributed by atoms with Crippen molar-refractivity contribution in [3.63, 3.8) is 0 Å². The van der Waals surface area contributed by atoms with Crippen LogP contribution in [0.2, 0.25) is 0 Å². The van der Waals surface area contributed by atoms with Gasteiger partial charge in [-0.25, -0.2) is 19.2 Å². The molecule has 0 spiro atoms. The van der Waals surface area contributed by atoms with Crippen molar-refractivity contribution in [3.8, 4) is 46.0 Å². The summed E-state index contributed by atoms with van der Waals surface area (Å²) in [5.74, 6) is -3.28. The summed E-state index contributed by atoms with van der Waals surface area (Å²) in [6.45, 7) is 0. The average molecular weight is 837 g/mol.